The van der Waals surface area contributed by atoms with Gasteiger partial charge in [0.25, 0.3) is 5.91 Å². The zero-order chi connectivity index (χ0) is 21.4. The average Bonchev–Trinajstić information content (AvgIpc) is 3.05. The largest absolute Gasteiger partial charge is 0.442 e. The summed E-state index contributed by atoms with van der Waals surface area (Å²) in [5.74, 6) is -0.830. The molecule has 0 radical (unpaired) electrons. The van der Waals surface area contributed by atoms with Gasteiger partial charge < -0.3 is 10.1 Å². The highest BCUT2D eigenvalue weighted by molar-refractivity contribution is 7.87. The number of carbonyl (C=O) groups excluding carboxylic acids is 2. The lowest BCUT2D eigenvalue weighted by molar-refractivity contribution is 0.0974. The number of nitrogens with one attached hydrogen (secondary N) is 2. The highest BCUT2D eigenvalue weighted by Crippen LogP contribution is 2.18. The Kier molecular flexibility index (Phi) is 8.11. The van der Waals surface area contributed by atoms with Gasteiger partial charge in [-0.2, -0.15) is 12.7 Å². The Morgan fingerprint density at radius 3 is 2.55 bits per heavy atom. The first-order chi connectivity index (χ1) is 13.7. The molecule has 1 heterocycles. The maximum atomic E-state index is 12.1. The van der Waals surface area contributed by atoms with Crippen molar-refractivity contribution in [3.63, 3.8) is 0 Å². The lowest BCUT2D eigenvalue weighted by Crippen LogP contribution is -2.39. The molecule has 2 aromatic rings. The molecule has 2 amide bonds. The van der Waals surface area contributed by atoms with E-state index in [0.29, 0.717) is 16.4 Å². The van der Waals surface area contributed by atoms with Crippen molar-refractivity contribution in [3.05, 3.63) is 51.5 Å². The van der Waals surface area contributed by atoms with E-state index in [-0.39, 0.29) is 12.3 Å². The number of alkyl carbamates (subject to hydrolysis) is 1. The first-order valence-corrected chi connectivity index (χ1v) is 11.1. The molecule has 1 aromatic carbocycles. The van der Waals surface area contributed by atoms with Crippen LogP contribution in [0.3, 0.4) is 0 Å². The van der Waals surface area contributed by atoms with E-state index in [1.165, 1.54) is 19.7 Å². The number of nitrogens with zero attached hydrogens (tertiary/aromatic N) is 2. The average molecular weight is 441 g/mol. The van der Waals surface area contributed by atoms with Crippen molar-refractivity contribution < 1.29 is 22.7 Å². The van der Waals surface area contributed by atoms with Crippen molar-refractivity contribution in [3.8, 4) is 0 Å². The van der Waals surface area contributed by atoms with Crippen LogP contribution in [0.1, 0.15) is 32.4 Å². The number of aromatic nitrogens is 1. The molecule has 1 aromatic heterocycles. The van der Waals surface area contributed by atoms with E-state index in [1.807, 2.05) is 35.1 Å². The SMILES string of the molecule is Cc1sc(COC(=O)NCCCc2ccccc2)nc1C(=O)NS(=O)(=O)N(C)C. The Morgan fingerprint density at radius 2 is 1.90 bits per heavy atom. The van der Waals surface area contributed by atoms with Crippen molar-refractivity contribution in [1.29, 1.82) is 0 Å². The maximum Gasteiger partial charge on any atom is 0.407 e. The highest BCUT2D eigenvalue weighted by atomic mass is 32.2. The standard InChI is InChI=1S/C18H24N4O5S2/c1-13-16(17(23)21-29(25,26)22(2)3)20-15(28-13)12-27-18(24)19-11-7-10-14-8-5-4-6-9-14/h4-6,8-9H,7,10-12H2,1-3H3,(H,19,24)(H,21,23). The molecule has 0 atom stereocenters. The monoisotopic (exact) mass is 440 g/mol. The molecule has 2 rings (SSSR count). The van der Waals surface area contributed by atoms with Gasteiger partial charge in [0.15, 0.2) is 0 Å². The number of benzene rings is 1. The summed E-state index contributed by atoms with van der Waals surface area (Å²) in [4.78, 5) is 28.5. The summed E-state index contributed by atoms with van der Waals surface area (Å²) in [7, 11) is -1.30. The van der Waals surface area contributed by atoms with Crippen LogP contribution in [0.25, 0.3) is 0 Å². The van der Waals surface area contributed by atoms with E-state index in [1.54, 1.807) is 6.92 Å². The predicted molar refractivity (Wildman–Crippen MR) is 110 cm³/mol. The van der Waals surface area contributed by atoms with Crippen molar-refractivity contribution >= 4 is 33.5 Å². The molecule has 0 bridgehead atoms. The Labute approximate surface area is 174 Å². The fourth-order valence-corrected chi connectivity index (χ4v) is 3.64. The molecule has 29 heavy (non-hydrogen) atoms. The maximum absolute atomic E-state index is 12.1. The van der Waals surface area contributed by atoms with E-state index in [2.05, 4.69) is 10.3 Å². The van der Waals surface area contributed by atoms with Gasteiger partial charge in [-0.1, -0.05) is 30.3 Å². The van der Waals surface area contributed by atoms with E-state index in [0.717, 1.165) is 28.5 Å². The molecule has 0 spiro atoms. The molecular formula is C18H24N4O5S2. The molecule has 0 saturated heterocycles. The molecular weight excluding hydrogens is 416 g/mol. The van der Waals surface area contributed by atoms with Crippen molar-refractivity contribution in [2.45, 2.75) is 26.4 Å². The zero-order valence-corrected chi connectivity index (χ0v) is 18.1. The van der Waals surface area contributed by atoms with E-state index < -0.39 is 22.2 Å². The van der Waals surface area contributed by atoms with Gasteiger partial charge >= 0.3 is 16.3 Å². The van der Waals surface area contributed by atoms with E-state index in [9.17, 15) is 18.0 Å². The summed E-state index contributed by atoms with van der Waals surface area (Å²) in [6.45, 7) is 2.01. The molecule has 11 heteroatoms. The summed E-state index contributed by atoms with van der Waals surface area (Å²) < 4.78 is 31.4. The van der Waals surface area contributed by atoms with Crippen LogP contribution in [0.5, 0.6) is 0 Å². The second-order valence-corrected chi connectivity index (χ2v) is 9.50. The van der Waals surface area contributed by atoms with E-state index in [4.69, 9.17) is 4.74 Å². The summed E-state index contributed by atoms with van der Waals surface area (Å²) in [6, 6.07) is 9.95. The third kappa shape index (κ3) is 7.11. The second kappa shape index (κ2) is 10.3. The minimum absolute atomic E-state index is 0.0118. The van der Waals surface area contributed by atoms with Crippen molar-refractivity contribution in [1.82, 2.24) is 19.3 Å². The molecule has 2 N–H and O–H groups in total. The third-order valence-electron chi connectivity index (χ3n) is 3.84. The first-order valence-electron chi connectivity index (χ1n) is 8.84. The number of hydrogen-bond donors (Lipinski definition) is 2. The Balaban J connectivity index is 1.78. The lowest BCUT2D eigenvalue weighted by Gasteiger charge is -2.11. The first kappa shape index (κ1) is 22.8. The van der Waals surface area contributed by atoms with Crippen LogP contribution in [-0.2, 0) is 28.0 Å². The number of aryl methyl sites for hydroxylation is 2. The topological polar surface area (TPSA) is 118 Å². The van der Waals surface area contributed by atoms with Crippen LogP contribution < -0.4 is 10.0 Å². The van der Waals surface area contributed by atoms with Gasteiger partial charge in [-0.3, -0.25) is 4.79 Å². The number of rotatable bonds is 9. The van der Waals surface area contributed by atoms with Gasteiger partial charge in [0, 0.05) is 25.5 Å². The summed E-state index contributed by atoms with van der Waals surface area (Å²) in [5.41, 5.74) is 1.19. The van der Waals surface area contributed by atoms with Crippen LogP contribution in [0.4, 0.5) is 4.79 Å². The molecule has 158 valence electrons. The fourth-order valence-electron chi connectivity index (χ4n) is 2.29. The Hall–Kier alpha value is -2.50. The van der Waals surface area contributed by atoms with Gasteiger partial charge in [-0.15, -0.1) is 11.3 Å². The number of ether oxygens (including phenoxy) is 1. The quantitative estimate of drug-likeness (QED) is 0.575. The Morgan fingerprint density at radius 1 is 1.21 bits per heavy atom. The van der Waals surface area contributed by atoms with Crippen molar-refractivity contribution in [2.75, 3.05) is 20.6 Å². The molecule has 9 nitrogen and oxygen atoms in total. The molecule has 0 fully saturated rings. The number of hydrogen-bond acceptors (Lipinski definition) is 7. The summed E-state index contributed by atoms with van der Waals surface area (Å²) >= 11 is 1.16. The normalized spacial score (nSPS) is 11.3. The van der Waals surface area contributed by atoms with E-state index >= 15 is 0 Å². The predicted octanol–water partition coefficient (Wildman–Crippen LogP) is 1.85. The van der Waals surface area contributed by atoms with Crippen molar-refractivity contribution in [2.24, 2.45) is 0 Å². The number of amides is 2. The van der Waals surface area contributed by atoms with Crippen LogP contribution in [-0.4, -0.2) is 50.3 Å². The summed E-state index contributed by atoms with van der Waals surface area (Å²) in [6.07, 6.45) is 1.05. The van der Waals surface area contributed by atoms with Gasteiger partial charge in [-0.25, -0.2) is 14.5 Å². The Bertz CT molecular complexity index is 942. The zero-order valence-electron chi connectivity index (χ0n) is 16.5. The fraction of sp³-hybridized carbons (Fsp3) is 0.389. The van der Waals surface area contributed by atoms with Crippen LogP contribution in [0.15, 0.2) is 30.3 Å². The molecule has 0 aliphatic rings. The smallest absolute Gasteiger partial charge is 0.407 e. The minimum Gasteiger partial charge on any atom is -0.442 e. The lowest BCUT2D eigenvalue weighted by atomic mass is 10.1. The molecule has 0 saturated carbocycles. The minimum atomic E-state index is -3.91. The molecule has 0 aliphatic heterocycles. The van der Waals surface area contributed by atoms with Gasteiger partial charge in [0.2, 0.25) is 0 Å². The van der Waals surface area contributed by atoms with Crippen LogP contribution >= 0.6 is 11.3 Å². The van der Waals surface area contributed by atoms with Gasteiger partial charge in [0.05, 0.1) is 0 Å². The highest BCUT2D eigenvalue weighted by Gasteiger charge is 2.22. The van der Waals surface area contributed by atoms with Crippen LogP contribution in [0, 0.1) is 6.92 Å². The van der Waals surface area contributed by atoms with Gasteiger partial charge in [-0.05, 0) is 25.3 Å². The van der Waals surface area contributed by atoms with Crippen LogP contribution in [0.2, 0.25) is 0 Å². The number of thiazole rings is 1. The molecule has 0 unspecified atom stereocenters. The summed E-state index contributed by atoms with van der Waals surface area (Å²) in [5, 5.41) is 3.06. The second-order valence-electron chi connectivity index (χ2n) is 6.32. The third-order valence-corrected chi connectivity index (χ3v) is 6.19. The van der Waals surface area contributed by atoms with Gasteiger partial charge in [0.1, 0.15) is 17.3 Å². The number of carbonyl (C=O) groups is 2. The molecule has 0 aliphatic carbocycles.